The van der Waals surface area contributed by atoms with Gasteiger partial charge in [0, 0.05) is 29.6 Å². The lowest BCUT2D eigenvalue weighted by molar-refractivity contribution is 0.163. The highest BCUT2D eigenvalue weighted by Crippen LogP contribution is 2.36. The van der Waals surface area contributed by atoms with E-state index in [0.29, 0.717) is 11.8 Å². The molecule has 1 unspecified atom stereocenters. The van der Waals surface area contributed by atoms with Crippen LogP contribution in [0.25, 0.3) is 10.9 Å². The number of benzene rings is 2. The zero-order valence-electron chi connectivity index (χ0n) is 15.6. The summed E-state index contributed by atoms with van der Waals surface area (Å²) >= 11 is 0. The van der Waals surface area contributed by atoms with E-state index in [0.717, 1.165) is 26.2 Å². The Labute approximate surface area is 156 Å². The topological polar surface area (TPSA) is 45.1 Å². The number of nitrogens with two attached hydrogens (primary N) is 1. The number of hydrogen-bond donors (Lipinski definition) is 2. The van der Waals surface area contributed by atoms with E-state index >= 15 is 0 Å². The van der Waals surface area contributed by atoms with Gasteiger partial charge in [0.1, 0.15) is 0 Å². The predicted molar refractivity (Wildman–Crippen MR) is 109 cm³/mol. The smallest absolute Gasteiger partial charge is 0.0457 e. The largest absolute Gasteiger partial charge is 0.361 e. The second kappa shape index (κ2) is 7.65. The van der Waals surface area contributed by atoms with E-state index in [1.807, 2.05) is 0 Å². The Bertz CT molecular complexity index is 844. The summed E-state index contributed by atoms with van der Waals surface area (Å²) in [5.41, 5.74) is 11.6. The minimum Gasteiger partial charge on any atom is -0.361 e. The SMILES string of the molecule is Cc1ccc2[nH]cc(C(CN)C3CCN(Cc4ccccc4)CC3)c2c1. The molecule has 1 aromatic heterocycles. The molecule has 1 atom stereocenters. The Kier molecular flexibility index (Phi) is 5.09. The van der Waals surface area contributed by atoms with Crippen LogP contribution in [0.4, 0.5) is 0 Å². The van der Waals surface area contributed by atoms with Gasteiger partial charge in [0.15, 0.2) is 0 Å². The number of aryl methyl sites for hydroxylation is 1. The molecule has 1 aliphatic rings. The monoisotopic (exact) mass is 347 g/mol. The average molecular weight is 348 g/mol. The Morgan fingerprint density at radius 3 is 2.62 bits per heavy atom. The Morgan fingerprint density at radius 2 is 1.88 bits per heavy atom. The van der Waals surface area contributed by atoms with Crippen molar-refractivity contribution in [3.05, 3.63) is 71.4 Å². The molecule has 0 amide bonds. The summed E-state index contributed by atoms with van der Waals surface area (Å²) in [5, 5.41) is 1.35. The standard InChI is InChI=1S/C23H29N3/c1-17-7-8-23-20(13-17)22(15-25-23)21(14-24)19-9-11-26(12-10-19)16-18-5-3-2-4-6-18/h2-8,13,15,19,21,25H,9-12,14,16,24H2,1H3. The van der Waals surface area contributed by atoms with Gasteiger partial charge in [0.2, 0.25) is 0 Å². The van der Waals surface area contributed by atoms with Crippen molar-refractivity contribution < 1.29 is 0 Å². The van der Waals surface area contributed by atoms with Crippen LogP contribution in [0.1, 0.15) is 35.4 Å². The Morgan fingerprint density at radius 1 is 1.12 bits per heavy atom. The van der Waals surface area contributed by atoms with Crippen molar-refractivity contribution in [2.75, 3.05) is 19.6 Å². The van der Waals surface area contributed by atoms with Crippen LogP contribution in [0, 0.1) is 12.8 Å². The predicted octanol–water partition coefficient (Wildman–Crippen LogP) is 4.43. The summed E-state index contributed by atoms with van der Waals surface area (Å²) in [6.07, 6.45) is 4.65. The summed E-state index contributed by atoms with van der Waals surface area (Å²) in [5.74, 6) is 1.12. The van der Waals surface area contributed by atoms with E-state index in [2.05, 4.69) is 71.5 Å². The van der Waals surface area contributed by atoms with Crippen molar-refractivity contribution in [2.45, 2.75) is 32.2 Å². The number of hydrogen-bond acceptors (Lipinski definition) is 2. The molecule has 1 aliphatic heterocycles. The van der Waals surface area contributed by atoms with Crippen LogP contribution in [0.2, 0.25) is 0 Å². The van der Waals surface area contributed by atoms with E-state index < -0.39 is 0 Å². The maximum absolute atomic E-state index is 6.25. The van der Waals surface area contributed by atoms with Crippen molar-refractivity contribution in [1.29, 1.82) is 0 Å². The van der Waals surface area contributed by atoms with Crippen LogP contribution >= 0.6 is 0 Å². The van der Waals surface area contributed by atoms with Gasteiger partial charge in [-0.25, -0.2) is 0 Å². The van der Waals surface area contributed by atoms with Crippen LogP contribution in [0.5, 0.6) is 0 Å². The van der Waals surface area contributed by atoms with Gasteiger partial charge >= 0.3 is 0 Å². The number of rotatable bonds is 5. The van der Waals surface area contributed by atoms with E-state index in [9.17, 15) is 0 Å². The highest BCUT2D eigenvalue weighted by molar-refractivity contribution is 5.84. The molecule has 3 aromatic rings. The number of aromatic nitrogens is 1. The summed E-state index contributed by atoms with van der Waals surface area (Å²) < 4.78 is 0. The third-order valence-corrected chi connectivity index (χ3v) is 5.97. The van der Waals surface area contributed by atoms with E-state index in [1.165, 1.54) is 40.4 Å². The molecule has 3 nitrogen and oxygen atoms in total. The number of H-pyrrole nitrogens is 1. The molecule has 1 saturated heterocycles. The molecule has 0 radical (unpaired) electrons. The van der Waals surface area contributed by atoms with E-state index in [4.69, 9.17) is 5.73 Å². The van der Waals surface area contributed by atoms with Gasteiger partial charge in [0.05, 0.1) is 0 Å². The Balaban J connectivity index is 1.46. The number of nitrogens with zero attached hydrogens (tertiary/aromatic N) is 1. The molecule has 26 heavy (non-hydrogen) atoms. The van der Waals surface area contributed by atoms with Crippen molar-refractivity contribution in [1.82, 2.24) is 9.88 Å². The van der Waals surface area contributed by atoms with Gasteiger partial charge < -0.3 is 10.7 Å². The van der Waals surface area contributed by atoms with Crippen LogP contribution < -0.4 is 5.73 Å². The van der Waals surface area contributed by atoms with Gasteiger partial charge in [-0.1, -0.05) is 42.0 Å². The molecule has 3 N–H and O–H groups in total. The number of nitrogens with one attached hydrogen (secondary N) is 1. The van der Waals surface area contributed by atoms with Crippen molar-refractivity contribution in [3.63, 3.8) is 0 Å². The summed E-state index contributed by atoms with van der Waals surface area (Å²) in [7, 11) is 0. The second-order valence-corrected chi connectivity index (χ2v) is 7.73. The molecule has 0 spiro atoms. The van der Waals surface area contributed by atoms with Gasteiger partial charge in [-0.3, -0.25) is 4.90 Å². The molecule has 3 heteroatoms. The zero-order valence-corrected chi connectivity index (χ0v) is 15.6. The van der Waals surface area contributed by atoms with E-state index in [-0.39, 0.29) is 0 Å². The van der Waals surface area contributed by atoms with Gasteiger partial charge in [-0.2, -0.15) is 0 Å². The third kappa shape index (κ3) is 3.55. The van der Waals surface area contributed by atoms with Crippen molar-refractivity contribution >= 4 is 10.9 Å². The quantitative estimate of drug-likeness (QED) is 0.717. The van der Waals surface area contributed by atoms with Gasteiger partial charge in [-0.15, -0.1) is 0 Å². The van der Waals surface area contributed by atoms with Crippen molar-refractivity contribution in [2.24, 2.45) is 11.7 Å². The summed E-state index contributed by atoms with van der Waals surface area (Å²) in [6, 6.07) is 17.5. The van der Waals surface area contributed by atoms with Crippen LogP contribution in [-0.2, 0) is 6.54 Å². The Hall–Kier alpha value is -2.10. The fraction of sp³-hybridized carbons (Fsp3) is 0.391. The summed E-state index contributed by atoms with van der Waals surface area (Å²) in [4.78, 5) is 6.03. The number of fused-ring (bicyclic) bond motifs is 1. The molecule has 0 aliphatic carbocycles. The van der Waals surface area contributed by atoms with Crippen LogP contribution in [0.15, 0.2) is 54.7 Å². The third-order valence-electron chi connectivity index (χ3n) is 5.97. The molecular weight excluding hydrogens is 318 g/mol. The molecule has 4 rings (SSSR count). The first kappa shape index (κ1) is 17.3. The lowest BCUT2D eigenvalue weighted by Crippen LogP contribution is -2.36. The van der Waals surface area contributed by atoms with Crippen LogP contribution in [-0.4, -0.2) is 29.5 Å². The molecule has 2 heterocycles. The molecule has 0 bridgehead atoms. The minimum absolute atomic E-state index is 0.449. The van der Waals surface area contributed by atoms with Gasteiger partial charge in [-0.05, 0) is 68.6 Å². The fourth-order valence-electron chi connectivity index (χ4n) is 4.49. The number of piperidine rings is 1. The average Bonchev–Trinajstić information content (AvgIpc) is 3.08. The maximum atomic E-state index is 6.25. The molecule has 0 saturated carbocycles. The highest BCUT2D eigenvalue weighted by Gasteiger charge is 2.28. The first-order valence-electron chi connectivity index (χ1n) is 9.78. The lowest BCUT2D eigenvalue weighted by Gasteiger charge is -2.36. The molecular formula is C23H29N3. The maximum Gasteiger partial charge on any atom is 0.0457 e. The highest BCUT2D eigenvalue weighted by atomic mass is 15.1. The van der Waals surface area contributed by atoms with Crippen molar-refractivity contribution in [3.8, 4) is 0 Å². The fourth-order valence-corrected chi connectivity index (χ4v) is 4.49. The lowest BCUT2D eigenvalue weighted by atomic mass is 9.80. The zero-order chi connectivity index (χ0) is 17.9. The second-order valence-electron chi connectivity index (χ2n) is 7.73. The van der Waals surface area contributed by atoms with Gasteiger partial charge in [0.25, 0.3) is 0 Å². The molecule has 2 aromatic carbocycles. The first-order valence-corrected chi connectivity index (χ1v) is 9.78. The first-order chi connectivity index (χ1) is 12.7. The van der Waals surface area contributed by atoms with Crippen LogP contribution in [0.3, 0.4) is 0 Å². The molecule has 136 valence electrons. The normalized spacial score (nSPS) is 17.6. The molecule has 1 fully saturated rings. The van der Waals surface area contributed by atoms with E-state index in [1.54, 1.807) is 0 Å². The summed E-state index contributed by atoms with van der Waals surface area (Å²) in [6.45, 7) is 6.28. The minimum atomic E-state index is 0.449. The number of aromatic amines is 1. The number of likely N-dealkylation sites (tertiary alicyclic amines) is 1.